The molecule has 0 radical (unpaired) electrons. The molecule has 0 saturated carbocycles. The number of ether oxygens (including phenoxy) is 2. The van der Waals surface area contributed by atoms with Gasteiger partial charge in [-0.2, -0.15) is 0 Å². The van der Waals surface area contributed by atoms with Crippen LogP contribution in [0.1, 0.15) is 0 Å². The highest BCUT2D eigenvalue weighted by atomic mass is 79.9. The Balaban J connectivity index is 2.26. The largest absolute Gasteiger partial charge is 0.497 e. The number of hydrogen-bond donors (Lipinski definition) is 1. The summed E-state index contributed by atoms with van der Waals surface area (Å²) >= 11 is 3.39. The molecule has 0 aliphatic rings. The lowest BCUT2D eigenvalue weighted by molar-refractivity contribution is 0.312. The molecule has 19 heavy (non-hydrogen) atoms. The maximum atomic E-state index is 10.9. The highest BCUT2D eigenvalue weighted by molar-refractivity contribution is 9.10. The van der Waals surface area contributed by atoms with Gasteiger partial charge >= 0.3 is 0 Å². The van der Waals surface area contributed by atoms with Crippen molar-refractivity contribution in [1.82, 2.24) is 5.32 Å². The lowest BCUT2D eigenvalue weighted by Gasteiger charge is -2.10. The maximum Gasteiger partial charge on any atom is 0.148 e. The molecule has 5 nitrogen and oxygen atoms in total. The van der Waals surface area contributed by atoms with Crippen LogP contribution < -0.4 is 14.8 Å². The van der Waals surface area contributed by atoms with Crippen LogP contribution in [0.4, 0.5) is 0 Å². The first-order valence-electron chi connectivity index (χ1n) is 5.77. The molecule has 0 amide bonds. The van der Waals surface area contributed by atoms with Gasteiger partial charge in [0.2, 0.25) is 0 Å². The van der Waals surface area contributed by atoms with E-state index in [0.717, 1.165) is 16.0 Å². The minimum Gasteiger partial charge on any atom is -0.497 e. The SMILES string of the molecule is COc1ccc(OCCNCCS(C)(=O)=O)c(Br)c1. The van der Waals surface area contributed by atoms with Gasteiger partial charge in [-0.15, -0.1) is 0 Å². The van der Waals surface area contributed by atoms with Gasteiger partial charge in [0.25, 0.3) is 0 Å². The first kappa shape index (κ1) is 16.3. The van der Waals surface area contributed by atoms with Crippen LogP contribution in [0.5, 0.6) is 11.5 Å². The molecular weight excluding hydrogens is 334 g/mol. The van der Waals surface area contributed by atoms with E-state index in [0.29, 0.717) is 19.7 Å². The van der Waals surface area contributed by atoms with E-state index in [1.165, 1.54) is 6.26 Å². The van der Waals surface area contributed by atoms with Gasteiger partial charge in [0.1, 0.15) is 27.9 Å². The van der Waals surface area contributed by atoms with Crippen LogP contribution in [0.25, 0.3) is 0 Å². The number of hydrogen-bond acceptors (Lipinski definition) is 5. The molecule has 0 aliphatic carbocycles. The Morgan fingerprint density at radius 3 is 2.63 bits per heavy atom. The third-order valence-electron chi connectivity index (χ3n) is 2.33. The van der Waals surface area contributed by atoms with Crippen molar-refractivity contribution in [2.24, 2.45) is 0 Å². The molecule has 0 aliphatic heterocycles. The summed E-state index contributed by atoms with van der Waals surface area (Å²) in [6.07, 6.45) is 1.22. The molecule has 0 saturated heterocycles. The first-order valence-corrected chi connectivity index (χ1v) is 8.62. The van der Waals surface area contributed by atoms with E-state index in [9.17, 15) is 8.42 Å². The van der Waals surface area contributed by atoms with Crippen LogP contribution in [0.15, 0.2) is 22.7 Å². The summed E-state index contributed by atoms with van der Waals surface area (Å²) in [7, 11) is -1.30. The van der Waals surface area contributed by atoms with Crippen molar-refractivity contribution in [2.75, 3.05) is 38.8 Å². The van der Waals surface area contributed by atoms with Crippen molar-refractivity contribution in [2.45, 2.75) is 0 Å². The van der Waals surface area contributed by atoms with Gasteiger partial charge in [-0.25, -0.2) is 8.42 Å². The Labute approximate surface area is 122 Å². The molecule has 7 heteroatoms. The minimum absolute atomic E-state index is 0.138. The van der Waals surface area contributed by atoms with Crippen LogP contribution >= 0.6 is 15.9 Å². The fourth-order valence-corrected chi connectivity index (χ4v) is 2.33. The molecule has 108 valence electrons. The first-order chi connectivity index (χ1) is 8.92. The predicted molar refractivity (Wildman–Crippen MR) is 78.8 cm³/mol. The van der Waals surface area contributed by atoms with Crippen LogP contribution in [-0.2, 0) is 9.84 Å². The zero-order valence-electron chi connectivity index (χ0n) is 11.0. The lowest BCUT2D eigenvalue weighted by atomic mass is 10.3. The average molecular weight is 352 g/mol. The van der Waals surface area contributed by atoms with E-state index in [4.69, 9.17) is 9.47 Å². The number of halogens is 1. The monoisotopic (exact) mass is 351 g/mol. The van der Waals surface area contributed by atoms with Gasteiger partial charge in [-0.05, 0) is 34.1 Å². The Morgan fingerprint density at radius 2 is 2.05 bits per heavy atom. The average Bonchev–Trinajstić information content (AvgIpc) is 2.33. The van der Waals surface area contributed by atoms with Gasteiger partial charge in [-0.1, -0.05) is 0 Å². The van der Waals surface area contributed by atoms with E-state index >= 15 is 0 Å². The number of nitrogens with one attached hydrogen (secondary N) is 1. The van der Waals surface area contributed by atoms with E-state index in [1.54, 1.807) is 7.11 Å². The summed E-state index contributed by atoms with van der Waals surface area (Å²) in [6, 6.07) is 5.46. The van der Waals surface area contributed by atoms with Crippen LogP contribution in [-0.4, -0.2) is 47.2 Å². The fraction of sp³-hybridized carbons (Fsp3) is 0.500. The zero-order valence-corrected chi connectivity index (χ0v) is 13.4. The van der Waals surface area contributed by atoms with Gasteiger partial charge in [0.05, 0.1) is 17.3 Å². The van der Waals surface area contributed by atoms with Crippen molar-refractivity contribution in [3.05, 3.63) is 22.7 Å². The van der Waals surface area contributed by atoms with E-state index < -0.39 is 9.84 Å². The standard InChI is InChI=1S/C12H18BrNO4S/c1-17-10-3-4-12(11(13)9-10)18-7-5-14-6-8-19(2,15)16/h3-4,9,14H,5-8H2,1-2H3. The summed E-state index contributed by atoms with van der Waals surface area (Å²) in [5, 5.41) is 3.01. The second-order valence-corrected chi connectivity index (χ2v) is 7.14. The lowest BCUT2D eigenvalue weighted by Crippen LogP contribution is -2.26. The molecule has 0 bridgehead atoms. The zero-order chi connectivity index (χ0) is 14.3. The fourth-order valence-electron chi connectivity index (χ4n) is 1.34. The van der Waals surface area contributed by atoms with Crippen LogP contribution in [0.2, 0.25) is 0 Å². The third kappa shape index (κ3) is 6.79. The van der Waals surface area contributed by atoms with Crippen molar-refractivity contribution in [3.8, 4) is 11.5 Å². The van der Waals surface area contributed by atoms with Crippen LogP contribution in [0.3, 0.4) is 0 Å². The van der Waals surface area contributed by atoms with E-state index in [2.05, 4.69) is 21.2 Å². The molecular formula is C12H18BrNO4S. The molecule has 0 fully saturated rings. The quantitative estimate of drug-likeness (QED) is 0.718. The van der Waals surface area contributed by atoms with E-state index in [-0.39, 0.29) is 5.75 Å². The number of benzene rings is 1. The Morgan fingerprint density at radius 1 is 1.32 bits per heavy atom. The highest BCUT2D eigenvalue weighted by Gasteiger charge is 2.03. The second kappa shape index (κ2) is 7.72. The number of rotatable bonds is 8. The molecule has 0 heterocycles. The minimum atomic E-state index is -2.90. The third-order valence-corrected chi connectivity index (χ3v) is 3.89. The van der Waals surface area contributed by atoms with Crippen molar-refractivity contribution in [1.29, 1.82) is 0 Å². The van der Waals surface area contributed by atoms with Crippen molar-refractivity contribution in [3.63, 3.8) is 0 Å². The molecule has 1 aromatic carbocycles. The molecule has 0 spiro atoms. The maximum absolute atomic E-state index is 10.9. The second-order valence-electron chi connectivity index (χ2n) is 4.02. The van der Waals surface area contributed by atoms with E-state index in [1.807, 2.05) is 18.2 Å². The summed E-state index contributed by atoms with van der Waals surface area (Å²) in [5.74, 6) is 1.62. The predicted octanol–water partition coefficient (Wildman–Crippen LogP) is 1.47. The van der Waals surface area contributed by atoms with Gasteiger partial charge in [-0.3, -0.25) is 0 Å². The summed E-state index contributed by atoms with van der Waals surface area (Å²) in [5.41, 5.74) is 0. The van der Waals surface area contributed by atoms with Gasteiger partial charge < -0.3 is 14.8 Å². The normalized spacial score (nSPS) is 11.3. The molecule has 1 rings (SSSR count). The molecule has 1 aromatic rings. The smallest absolute Gasteiger partial charge is 0.148 e. The number of methoxy groups -OCH3 is 1. The van der Waals surface area contributed by atoms with Gasteiger partial charge in [0.15, 0.2) is 0 Å². The van der Waals surface area contributed by atoms with Crippen molar-refractivity contribution >= 4 is 25.8 Å². The Hall–Kier alpha value is -0.790. The number of sulfone groups is 1. The Kier molecular flexibility index (Phi) is 6.60. The molecule has 0 atom stereocenters. The Bertz CT molecular complexity index is 504. The molecule has 1 N–H and O–H groups in total. The van der Waals surface area contributed by atoms with Crippen molar-refractivity contribution < 1.29 is 17.9 Å². The molecule has 0 aromatic heterocycles. The topological polar surface area (TPSA) is 64.6 Å². The molecule has 0 unspecified atom stereocenters. The van der Waals surface area contributed by atoms with Crippen LogP contribution in [0, 0.1) is 0 Å². The summed E-state index contributed by atoms with van der Waals surface area (Å²) in [6.45, 7) is 1.49. The highest BCUT2D eigenvalue weighted by Crippen LogP contribution is 2.28. The van der Waals surface area contributed by atoms with Gasteiger partial charge in [0, 0.05) is 19.3 Å². The summed E-state index contributed by atoms with van der Waals surface area (Å²) < 4.78 is 33.3. The summed E-state index contributed by atoms with van der Waals surface area (Å²) in [4.78, 5) is 0.